The minimum atomic E-state index is 0.117. The Balaban J connectivity index is 2.23. The van der Waals surface area contributed by atoms with Crippen LogP contribution in [0, 0.1) is 0 Å². The number of nitrogens with zero attached hydrogens (tertiary/aromatic N) is 3. The van der Waals surface area contributed by atoms with Gasteiger partial charge in [-0.25, -0.2) is 9.97 Å². The van der Waals surface area contributed by atoms with Gasteiger partial charge in [0, 0.05) is 17.8 Å². The van der Waals surface area contributed by atoms with E-state index in [1.807, 2.05) is 18.5 Å². The second-order valence-corrected chi connectivity index (χ2v) is 5.46. The van der Waals surface area contributed by atoms with Gasteiger partial charge in [0.1, 0.15) is 5.52 Å². The number of hydrogen-bond acceptors (Lipinski definition) is 2. The number of pyridine rings is 1. The zero-order valence-electron chi connectivity index (χ0n) is 11.8. The van der Waals surface area contributed by atoms with Crippen LogP contribution in [0.2, 0.25) is 0 Å². The van der Waals surface area contributed by atoms with Gasteiger partial charge in [0.25, 0.3) is 0 Å². The van der Waals surface area contributed by atoms with Crippen molar-refractivity contribution in [3.63, 3.8) is 0 Å². The van der Waals surface area contributed by atoms with Crippen molar-refractivity contribution in [2.45, 2.75) is 45.6 Å². The largest absolute Gasteiger partial charge is 0.303 e. The Bertz CT molecular complexity index is 709. The molecule has 0 aliphatic rings. The van der Waals surface area contributed by atoms with E-state index in [0.717, 1.165) is 29.4 Å². The van der Waals surface area contributed by atoms with Crippen LogP contribution in [0.5, 0.6) is 0 Å². The summed E-state index contributed by atoms with van der Waals surface area (Å²) in [7, 11) is 0. The van der Waals surface area contributed by atoms with Crippen LogP contribution in [-0.2, 0) is 5.54 Å². The van der Waals surface area contributed by atoms with Gasteiger partial charge in [0.2, 0.25) is 0 Å². The fourth-order valence-electron chi connectivity index (χ4n) is 2.85. The number of H-pyrrole nitrogens is 1. The van der Waals surface area contributed by atoms with E-state index in [0.29, 0.717) is 0 Å². The van der Waals surface area contributed by atoms with Crippen LogP contribution in [0.1, 0.15) is 40.0 Å². The van der Waals surface area contributed by atoms with Crippen molar-refractivity contribution in [2.75, 3.05) is 0 Å². The molecule has 0 aliphatic heterocycles. The lowest BCUT2D eigenvalue weighted by Gasteiger charge is -2.30. The predicted octanol–water partition coefficient (Wildman–Crippen LogP) is 3.84. The Hall–Kier alpha value is -1.84. The maximum absolute atomic E-state index is 4.60. The minimum absolute atomic E-state index is 0.117. The van der Waals surface area contributed by atoms with Crippen molar-refractivity contribution in [1.82, 2.24) is 19.7 Å². The van der Waals surface area contributed by atoms with Gasteiger partial charge in [0.15, 0.2) is 5.65 Å². The quantitative estimate of drug-likeness (QED) is 0.771. The summed E-state index contributed by atoms with van der Waals surface area (Å²) < 4.78 is 2.27. The molecule has 0 spiro atoms. The van der Waals surface area contributed by atoms with Crippen LogP contribution in [0.3, 0.4) is 0 Å². The minimum Gasteiger partial charge on any atom is -0.303 e. The fourth-order valence-corrected chi connectivity index (χ4v) is 2.85. The van der Waals surface area contributed by atoms with Crippen molar-refractivity contribution in [3.8, 4) is 0 Å². The third-order valence-electron chi connectivity index (χ3n) is 4.15. The zero-order chi connectivity index (χ0) is 13.5. The van der Waals surface area contributed by atoms with Crippen molar-refractivity contribution in [2.24, 2.45) is 0 Å². The van der Waals surface area contributed by atoms with Gasteiger partial charge in [0.05, 0.1) is 11.1 Å². The Kier molecular flexibility index (Phi) is 2.81. The molecule has 0 radical (unpaired) electrons. The molecule has 3 rings (SSSR count). The topological polar surface area (TPSA) is 46.5 Å². The summed E-state index contributed by atoms with van der Waals surface area (Å²) in [6.07, 6.45) is 7.22. The highest BCUT2D eigenvalue weighted by Crippen LogP contribution is 2.30. The van der Waals surface area contributed by atoms with E-state index < -0.39 is 0 Å². The summed E-state index contributed by atoms with van der Waals surface area (Å²) in [6, 6.07) is 4.20. The lowest BCUT2D eigenvalue weighted by molar-refractivity contribution is 0.260. The molecule has 4 heteroatoms. The van der Waals surface area contributed by atoms with E-state index in [9.17, 15) is 0 Å². The first-order chi connectivity index (χ1) is 9.18. The molecule has 0 aromatic carbocycles. The van der Waals surface area contributed by atoms with Gasteiger partial charge in [-0.1, -0.05) is 20.3 Å². The van der Waals surface area contributed by atoms with Gasteiger partial charge in [-0.15, -0.1) is 0 Å². The van der Waals surface area contributed by atoms with Gasteiger partial charge >= 0.3 is 0 Å². The fraction of sp³-hybridized carbons (Fsp3) is 0.467. The highest BCUT2D eigenvalue weighted by Gasteiger charge is 2.25. The smallest absolute Gasteiger partial charge is 0.160 e. The number of nitrogens with one attached hydrogen (secondary N) is 1. The molecule has 1 atom stereocenters. The number of aromatic nitrogens is 4. The van der Waals surface area contributed by atoms with E-state index in [4.69, 9.17) is 0 Å². The molecule has 0 bridgehead atoms. The number of rotatable bonds is 4. The highest BCUT2D eigenvalue weighted by molar-refractivity contribution is 5.89. The first kappa shape index (κ1) is 12.2. The van der Waals surface area contributed by atoms with Crippen molar-refractivity contribution < 1.29 is 0 Å². The molecule has 1 N–H and O–H groups in total. The molecule has 3 heterocycles. The van der Waals surface area contributed by atoms with Gasteiger partial charge in [-0.3, -0.25) is 4.68 Å². The first-order valence-electron chi connectivity index (χ1n) is 7.00. The first-order valence-corrected chi connectivity index (χ1v) is 7.00. The third-order valence-corrected chi connectivity index (χ3v) is 4.15. The molecule has 0 aliphatic carbocycles. The second-order valence-electron chi connectivity index (χ2n) is 5.46. The van der Waals surface area contributed by atoms with Gasteiger partial charge in [-0.05, 0) is 31.9 Å². The number of aromatic amines is 1. The van der Waals surface area contributed by atoms with Crippen molar-refractivity contribution in [3.05, 3.63) is 24.5 Å². The molecule has 0 saturated carbocycles. The molecule has 1 unspecified atom stereocenters. The van der Waals surface area contributed by atoms with E-state index in [1.54, 1.807) is 0 Å². The van der Waals surface area contributed by atoms with Gasteiger partial charge in [-0.2, -0.15) is 0 Å². The lowest BCUT2D eigenvalue weighted by atomic mass is 9.93. The average Bonchev–Trinajstić information content (AvgIpc) is 3.01. The molecule has 3 aromatic heterocycles. The Labute approximate surface area is 112 Å². The van der Waals surface area contributed by atoms with Crippen molar-refractivity contribution >= 4 is 22.1 Å². The van der Waals surface area contributed by atoms with Crippen LogP contribution in [0.25, 0.3) is 22.1 Å². The monoisotopic (exact) mass is 256 g/mol. The van der Waals surface area contributed by atoms with Crippen LogP contribution in [-0.4, -0.2) is 19.7 Å². The van der Waals surface area contributed by atoms with Crippen LogP contribution < -0.4 is 0 Å². The van der Waals surface area contributed by atoms with E-state index in [-0.39, 0.29) is 5.54 Å². The average molecular weight is 256 g/mol. The Morgan fingerprint density at radius 3 is 2.95 bits per heavy atom. The summed E-state index contributed by atoms with van der Waals surface area (Å²) in [6.45, 7) is 6.78. The highest BCUT2D eigenvalue weighted by atomic mass is 15.3. The van der Waals surface area contributed by atoms with Crippen LogP contribution in [0.15, 0.2) is 24.5 Å². The van der Waals surface area contributed by atoms with E-state index in [1.165, 1.54) is 11.9 Å². The summed E-state index contributed by atoms with van der Waals surface area (Å²) in [5.74, 6) is 0. The predicted molar refractivity (Wildman–Crippen MR) is 78.2 cm³/mol. The number of fused-ring (bicyclic) bond motifs is 2. The molecular formula is C15H20N4. The molecular weight excluding hydrogens is 236 g/mol. The number of hydrogen-bond donors (Lipinski definition) is 1. The summed E-state index contributed by atoms with van der Waals surface area (Å²) in [4.78, 5) is 8.87. The molecule has 4 nitrogen and oxygen atoms in total. The van der Waals surface area contributed by atoms with Crippen molar-refractivity contribution in [1.29, 1.82) is 0 Å². The van der Waals surface area contributed by atoms with Crippen LogP contribution in [0.4, 0.5) is 0 Å². The second kappa shape index (κ2) is 4.37. The molecule has 3 aromatic rings. The third kappa shape index (κ3) is 1.82. The van der Waals surface area contributed by atoms with Crippen LogP contribution >= 0.6 is 0 Å². The maximum atomic E-state index is 4.60. The van der Waals surface area contributed by atoms with Gasteiger partial charge < -0.3 is 5.10 Å². The normalized spacial score (nSPS) is 15.1. The molecule has 0 amide bonds. The van der Waals surface area contributed by atoms with E-state index in [2.05, 4.69) is 46.6 Å². The molecule has 0 fully saturated rings. The standard InChI is InChI=1S/C15H20N4/c1-4-7-15(3,5-2)19-13-9-11-6-8-16-14(11)18-12(13)10-17-19/h6,8-10,17H,4-5,7H2,1-3H3. The van der Waals surface area contributed by atoms with E-state index >= 15 is 0 Å². The molecule has 19 heavy (non-hydrogen) atoms. The molecule has 100 valence electrons. The lowest BCUT2D eigenvalue weighted by Crippen LogP contribution is -2.30. The SMILES string of the molecule is CCCC(C)(CC)n1[nH]cc2nc3nccc3cc21. The summed E-state index contributed by atoms with van der Waals surface area (Å²) in [5.41, 5.74) is 3.10. The Morgan fingerprint density at radius 2 is 2.21 bits per heavy atom. The summed E-state index contributed by atoms with van der Waals surface area (Å²) in [5, 5.41) is 4.49. The zero-order valence-corrected chi connectivity index (χ0v) is 11.8. The Morgan fingerprint density at radius 1 is 1.37 bits per heavy atom. The summed E-state index contributed by atoms with van der Waals surface area (Å²) >= 11 is 0. The molecule has 0 saturated heterocycles. The maximum Gasteiger partial charge on any atom is 0.160 e.